The van der Waals surface area contributed by atoms with E-state index in [9.17, 15) is 0 Å². The highest BCUT2D eigenvalue weighted by atomic mass is 32.1. The number of nitrogens with one attached hydrogen (secondary N) is 2. The van der Waals surface area contributed by atoms with Crippen molar-refractivity contribution in [1.29, 1.82) is 5.41 Å². The molecule has 2 saturated heterocycles. The summed E-state index contributed by atoms with van der Waals surface area (Å²) in [5.74, 6) is 1.07. The fourth-order valence-corrected chi connectivity index (χ4v) is 6.68. The molecule has 8 heteroatoms. The fraction of sp³-hybridized carbons (Fsp3) is 0.500. The molecular formula is C28H39N7S. The molecule has 2 aliphatic heterocycles. The molecule has 0 radical (unpaired) electrons. The Morgan fingerprint density at radius 2 is 1.83 bits per heavy atom. The highest BCUT2D eigenvalue weighted by molar-refractivity contribution is 7.09. The van der Waals surface area contributed by atoms with Gasteiger partial charge in [-0.3, -0.25) is 20.1 Å². The summed E-state index contributed by atoms with van der Waals surface area (Å²) in [4.78, 5) is 16.4. The normalized spacial score (nSPS) is 18.7. The second-order valence-electron chi connectivity index (χ2n) is 10.7. The molecule has 1 aromatic carbocycles. The highest BCUT2D eigenvalue weighted by Gasteiger charge is 2.38. The molecule has 2 fully saturated rings. The van der Waals surface area contributed by atoms with E-state index in [0.717, 1.165) is 25.5 Å². The Balaban J connectivity index is 1.13. The van der Waals surface area contributed by atoms with Gasteiger partial charge >= 0.3 is 0 Å². The Labute approximate surface area is 218 Å². The van der Waals surface area contributed by atoms with E-state index in [0.29, 0.717) is 18.5 Å². The van der Waals surface area contributed by atoms with Gasteiger partial charge in [-0.05, 0) is 73.3 Å². The summed E-state index contributed by atoms with van der Waals surface area (Å²) in [6.07, 6.45) is 8.95. The van der Waals surface area contributed by atoms with Crippen LogP contribution in [-0.4, -0.2) is 63.2 Å². The summed E-state index contributed by atoms with van der Waals surface area (Å²) in [6.45, 7) is 8.88. The largest absolute Gasteiger partial charge is 0.387 e. The van der Waals surface area contributed by atoms with E-state index in [4.69, 9.17) is 11.1 Å². The van der Waals surface area contributed by atoms with E-state index in [1.807, 2.05) is 17.5 Å². The Bertz CT molecular complexity index is 1070. The van der Waals surface area contributed by atoms with Crippen LogP contribution in [0.5, 0.6) is 0 Å². The molecule has 1 spiro atoms. The first kappa shape index (κ1) is 25.1. The maximum Gasteiger partial charge on any atom is 0.120 e. The lowest BCUT2D eigenvalue weighted by atomic mass is 9.72. The van der Waals surface area contributed by atoms with Crippen LogP contribution in [0.3, 0.4) is 0 Å². The zero-order valence-electron chi connectivity index (χ0n) is 21.2. The van der Waals surface area contributed by atoms with Gasteiger partial charge in [0.05, 0.1) is 13.1 Å². The standard InChI is InChI=1S/C28H39N7S/c29-26(30)20-35(21-27-31-11-12-32-27)18-24-6-4-23(5-7-24)17-34-13-2-8-28(22-34)9-14-33(15-10-28)19-25-3-1-16-36-25/h1,3-7,11-12,16H,2,8-10,13-15,17-22H2,(H3,29,30)(H,31,32). The predicted octanol–water partition coefficient (Wildman–Crippen LogP) is 4.29. The molecule has 4 N–H and O–H groups in total. The molecule has 0 saturated carbocycles. The first-order valence-corrected chi connectivity index (χ1v) is 14.0. The van der Waals surface area contributed by atoms with Crippen LogP contribution in [0.15, 0.2) is 54.2 Å². The first-order chi connectivity index (χ1) is 17.6. The maximum absolute atomic E-state index is 7.73. The minimum Gasteiger partial charge on any atom is -0.387 e. The molecule has 4 heterocycles. The third-order valence-electron chi connectivity index (χ3n) is 7.77. The number of amidine groups is 1. The molecule has 5 rings (SSSR count). The number of hydrogen-bond acceptors (Lipinski definition) is 6. The minimum atomic E-state index is 0.176. The minimum absolute atomic E-state index is 0.176. The Kier molecular flexibility index (Phi) is 8.16. The molecular weight excluding hydrogens is 466 g/mol. The van der Waals surface area contributed by atoms with Gasteiger partial charge in [0.2, 0.25) is 0 Å². The van der Waals surface area contributed by atoms with Crippen molar-refractivity contribution in [1.82, 2.24) is 24.7 Å². The molecule has 3 aromatic rings. The second-order valence-corrected chi connectivity index (χ2v) is 11.7. The van der Waals surface area contributed by atoms with Crippen molar-refractivity contribution in [2.24, 2.45) is 11.1 Å². The third-order valence-corrected chi connectivity index (χ3v) is 8.64. The van der Waals surface area contributed by atoms with Gasteiger partial charge in [0.25, 0.3) is 0 Å². The third kappa shape index (κ3) is 6.82. The van der Waals surface area contributed by atoms with Gasteiger partial charge in [0, 0.05) is 43.4 Å². The van der Waals surface area contributed by atoms with Gasteiger partial charge in [-0.25, -0.2) is 4.98 Å². The zero-order valence-corrected chi connectivity index (χ0v) is 22.0. The summed E-state index contributed by atoms with van der Waals surface area (Å²) in [5.41, 5.74) is 8.83. The van der Waals surface area contributed by atoms with Crippen LogP contribution in [0.25, 0.3) is 0 Å². The zero-order chi connectivity index (χ0) is 24.8. The summed E-state index contributed by atoms with van der Waals surface area (Å²) < 4.78 is 0. The number of nitrogens with two attached hydrogens (primary N) is 1. The van der Waals surface area contributed by atoms with Crippen molar-refractivity contribution in [3.8, 4) is 0 Å². The van der Waals surface area contributed by atoms with Crippen LogP contribution < -0.4 is 5.73 Å². The Morgan fingerprint density at radius 3 is 2.53 bits per heavy atom. The molecule has 36 heavy (non-hydrogen) atoms. The van der Waals surface area contributed by atoms with Crippen molar-refractivity contribution in [2.75, 3.05) is 32.7 Å². The van der Waals surface area contributed by atoms with Crippen molar-refractivity contribution < 1.29 is 0 Å². The van der Waals surface area contributed by atoms with Crippen LogP contribution in [0.1, 0.15) is 47.5 Å². The lowest BCUT2D eigenvalue weighted by Crippen LogP contribution is -2.49. The van der Waals surface area contributed by atoms with Gasteiger partial charge in [-0.1, -0.05) is 30.3 Å². The number of H-pyrrole nitrogens is 1. The van der Waals surface area contributed by atoms with Crippen molar-refractivity contribution in [3.05, 3.63) is 76.0 Å². The van der Waals surface area contributed by atoms with Gasteiger partial charge in [-0.2, -0.15) is 0 Å². The van der Waals surface area contributed by atoms with Gasteiger partial charge in [-0.15, -0.1) is 11.3 Å². The molecule has 2 aromatic heterocycles. The SMILES string of the molecule is N=C(N)CN(Cc1ccc(CN2CCCC3(CCN(Cc4cccs4)CC3)C2)cc1)Cc1ncc[nH]1. The number of aromatic nitrogens is 2. The number of likely N-dealkylation sites (tertiary alicyclic amines) is 2. The lowest BCUT2D eigenvalue weighted by Gasteiger charge is -2.47. The number of benzene rings is 1. The highest BCUT2D eigenvalue weighted by Crippen LogP contribution is 2.40. The summed E-state index contributed by atoms with van der Waals surface area (Å²) in [6, 6.07) is 13.4. The monoisotopic (exact) mass is 505 g/mol. The summed E-state index contributed by atoms with van der Waals surface area (Å²) >= 11 is 1.88. The van der Waals surface area contributed by atoms with Crippen LogP contribution in [0.2, 0.25) is 0 Å². The maximum atomic E-state index is 7.73. The van der Waals surface area contributed by atoms with Crippen LogP contribution in [0.4, 0.5) is 0 Å². The predicted molar refractivity (Wildman–Crippen MR) is 147 cm³/mol. The van der Waals surface area contributed by atoms with E-state index in [1.54, 1.807) is 6.20 Å². The summed E-state index contributed by atoms with van der Waals surface area (Å²) in [7, 11) is 0. The average Bonchev–Trinajstić information content (AvgIpc) is 3.56. The number of piperidine rings is 2. The fourth-order valence-electron chi connectivity index (χ4n) is 5.93. The number of imidazole rings is 1. The molecule has 0 amide bonds. The van der Waals surface area contributed by atoms with Crippen LogP contribution >= 0.6 is 11.3 Å². The molecule has 2 aliphatic rings. The smallest absolute Gasteiger partial charge is 0.120 e. The second kappa shape index (κ2) is 11.7. The van der Waals surface area contributed by atoms with Crippen LogP contribution in [-0.2, 0) is 26.2 Å². The Hall–Kier alpha value is -2.52. The van der Waals surface area contributed by atoms with E-state index < -0.39 is 0 Å². The van der Waals surface area contributed by atoms with Gasteiger partial charge in [0.15, 0.2) is 0 Å². The Morgan fingerprint density at radius 1 is 1.03 bits per heavy atom. The van der Waals surface area contributed by atoms with E-state index in [1.165, 1.54) is 67.9 Å². The average molecular weight is 506 g/mol. The number of hydrogen-bond donors (Lipinski definition) is 3. The van der Waals surface area contributed by atoms with E-state index in [-0.39, 0.29) is 5.84 Å². The number of rotatable bonds is 10. The van der Waals surface area contributed by atoms with E-state index in [2.05, 4.69) is 66.4 Å². The first-order valence-electron chi connectivity index (χ1n) is 13.1. The van der Waals surface area contributed by atoms with Gasteiger partial charge in [0.1, 0.15) is 11.7 Å². The number of nitrogens with zero attached hydrogens (tertiary/aromatic N) is 4. The number of aromatic amines is 1. The molecule has 192 valence electrons. The van der Waals surface area contributed by atoms with Crippen molar-refractivity contribution in [3.63, 3.8) is 0 Å². The quantitative estimate of drug-likeness (QED) is 0.283. The topological polar surface area (TPSA) is 88.3 Å². The molecule has 0 bridgehead atoms. The van der Waals surface area contributed by atoms with Crippen molar-refractivity contribution in [2.45, 2.75) is 51.9 Å². The van der Waals surface area contributed by atoms with Crippen LogP contribution in [0, 0.1) is 10.8 Å². The molecule has 0 unspecified atom stereocenters. The van der Waals surface area contributed by atoms with Crippen molar-refractivity contribution >= 4 is 17.2 Å². The number of thiophene rings is 1. The summed E-state index contributed by atoms with van der Waals surface area (Å²) in [5, 5.41) is 9.92. The molecule has 0 aliphatic carbocycles. The lowest BCUT2D eigenvalue weighted by molar-refractivity contribution is 0.0188. The van der Waals surface area contributed by atoms with Gasteiger partial charge < -0.3 is 10.7 Å². The van der Waals surface area contributed by atoms with E-state index >= 15 is 0 Å². The molecule has 0 atom stereocenters. The molecule has 7 nitrogen and oxygen atoms in total.